The van der Waals surface area contributed by atoms with Crippen molar-refractivity contribution in [2.45, 2.75) is 26.3 Å². The molecular weight excluding hydrogens is 324 g/mol. The van der Waals surface area contributed by atoms with Crippen LogP contribution in [0, 0.1) is 12.8 Å². The Kier molecular flexibility index (Phi) is 4.86. The lowest BCUT2D eigenvalue weighted by molar-refractivity contribution is -0.122. The van der Waals surface area contributed by atoms with Crippen LogP contribution in [0.5, 0.6) is 0 Å². The van der Waals surface area contributed by atoms with E-state index in [1.165, 1.54) is 0 Å². The van der Waals surface area contributed by atoms with Crippen LogP contribution in [0.3, 0.4) is 0 Å². The maximum Gasteiger partial charge on any atom is 0.255 e. The Bertz CT molecular complexity index is 767. The molecule has 0 atom stereocenters. The van der Waals surface area contributed by atoms with Gasteiger partial charge in [0.25, 0.3) is 5.91 Å². The number of aryl methyl sites for hydroxylation is 1. The minimum atomic E-state index is -0.191. The van der Waals surface area contributed by atoms with Gasteiger partial charge in [0, 0.05) is 28.7 Å². The van der Waals surface area contributed by atoms with Gasteiger partial charge in [-0.2, -0.15) is 0 Å². The lowest BCUT2D eigenvalue weighted by Crippen LogP contribution is -2.24. The van der Waals surface area contributed by atoms with Gasteiger partial charge < -0.3 is 10.6 Å². The standard InChI is InChI=1S/C19H19ClN2O2/c1-12-2-9-16(10-17(12)20)22-19(24)15-5-3-13(4-6-15)11-21-18(23)14-7-8-14/h2-6,9-10,14H,7-8,11H2,1H3,(H,21,23)(H,22,24). The molecule has 0 aromatic heterocycles. The van der Waals surface area contributed by atoms with Crippen molar-refractivity contribution in [3.05, 3.63) is 64.2 Å². The lowest BCUT2D eigenvalue weighted by atomic mass is 10.1. The monoisotopic (exact) mass is 342 g/mol. The van der Waals surface area contributed by atoms with Gasteiger partial charge in [0.1, 0.15) is 0 Å². The fraction of sp³-hybridized carbons (Fsp3) is 0.263. The molecule has 1 aliphatic carbocycles. The number of hydrogen-bond donors (Lipinski definition) is 2. The van der Waals surface area contributed by atoms with Gasteiger partial charge in [-0.05, 0) is 55.2 Å². The highest BCUT2D eigenvalue weighted by molar-refractivity contribution is 6.31. The molecule has 1 saturated carbocycles. The summed E-state index contributed by atoms with van der Waals surface area (Å²) in [5, 5.41) is 6.35. The van der Waals surface area contributed by atoms with E-state index in [1.807, 2.05) is 31.2 Å². The number of hydrogen-bond acceptors (Lipinski definition) is 2. The second kappa shape index (κ2) is 7.05. The van der Waals surface area contributed by atoms with Crippen LogP contribution >= 0.6 is 11.6 Å². The number of halogens is 1. The van der Waals surface area contributed by atoms with Crippen LogP contribution in [-0.4, -0.2) is 11.8 Å². The first-order valence-electron chi connectivity index (χ1n) is 7.97. The van der Waals surface area contributed by atoms with E-state index < -0.39 is 0 Å². The van der Waals surface area contributed by atoms with Crippen molar-refractivity contribution in [1.29, 1.82) is 0 Å². The summed E-state index contributed by atoms with van der Waals surface area (Å²) in [5.41, 5.74) is 3.16. The van der Waals surface area contributed by atoms with Crippen LogP contribution in [0.1, 0.15) is 34.3 Å². The summed E-state index contributed by atoms with van der Waals surface area (Å²) in [7, 11) is 0. The van der Waals surface area contributed by atoms with Crippen LogP contribution in [0.15, 0.2) is 42.5 Å². The van der Waals surface area contributed by atoms with Crippen molar-refractivity contribution in [1.82, 2.24) is 5.32 Å². The number of benzene rings is 2. The van der Waals surface area contributed by atoms with Crippen LogP contribution in [-0.2, 0) is 11.3 Å². The molecule has 0 unspecified atom stereocenters. The normalized spacial score (nSPS) is 13.4. The van der Waals surface area contributed by atoms with Gasteiger partial charge in [0.2, 0.25) is 5.91 Å². The zero-order valence-corrected chi connectivity index (χ0v) is 14.2. The molecule has 0 spiro atoms. The largest absolute Gasteiger partial charge is 0.352 e. The molecule has 1 aliphatic rings. The molecule has 0 bridgehead atoms. The minimum absolute atomic E-state index is 0.119. The van der Waals surface area contributed by atoms with E-state index in [-0.39, 0.29) is 17.7 Å². The van der Waals surface area contributed by atoms with Crippen molar-refractivity contribution in [2.75, 3.05) is 5.32 Å². The van der Waals surface area contributed by atoms with E-state index in [0.29, 0.717) is 22.8 Å². The highest BCUT2D eigenvalue weighted by atomic mass is 35.5. The quantitative estimate of drug-likeness (QED) is 0.865. The van der Waals surface area contributed by atoms with Crippen molar-refractivity contribution >= 4 is 29.1 Å². The van der Waals surface area contributed by atoms with Crippen molar-refractivity contribution in [2.24, 2.45) is 5.92 Å². The molecule has 5 heteroatoms. The number of nitrogens with one attached hydrogen (secondary N) is 2. The summed E-state index contributed by atoms with van der Waals surface area (Å²) >= 11 is 6.07. The first-order valence-corrected chi connectivity index (χ1v) is 8.35. The zero-order chi connectivity index (χ0) is 17.1. The Morgan fingerprint density at radius 2 is 1.83 bits per heavy atom. The van der Waals surface area contributed by atoms with E-state index in [0.717, 1.165) is 24.0 Å². The average molecular weight is 343 g/mol. The second-order valence-corrected chi connectivity index (χ2v) is 6.51. The Labute approximate surface area is 146 Å². The minimum Gasteiger partial charge on any atom is -0.352 e. The molecule has 0 saturated heterocycles. The zero-order valence-electron chi connectivity index (χ0n) is 13.4. The summed E-state index contributed by atoms with van der Waals surface area (Å²) in [4.78, 5) is 23.9. The van der Waals surface area contributed by atoms with Crippen molar-refractivity contribution < 1.29 is 9.59 Å². The van der Waals surface area contributed by atoms with Crippen LogP contribution in [0.2, 0.25) is 5.02 Å². The first-order chi connectivity index (χ1) is 11.5. The van der Waals surface area contributed by atoms with Crippen molar-refractivity contribution in [3.8, 4) is 0 Å². The first kappa shape index (κ1) is 16.5. The molecule has 0 aliphatic heterocycles. The van der Waals surface area contributed by atoms with Gasteiger partial charge in [0.15, 0.2) is 0 Å². The third-order valence-corrected chi connectivity index (χ3v) is 4.47. The van der Waals surface area contributed by atoms with Gasteiger partial charge >= 0.3 is 0 Å². The Morgan fingerprint density at radius 1 is 1.12 bits per heavy atom. The summed E-state index contributed by atoms with van der Waals surface area (Å²) in [6.45, 7) is 2.40. The molecule has 2 aromatic carbocycles. The molecule has 4 nitrogen and oxygen atoms in total. The van der Waals surface area contributed by atoms with Gasteiger partial charge in [-0.1, -0.05) is 29.8 Å². The second-order valence-electron chi connectivity index (χ2n) is 6.11. The van der Waals surface area contributed by atoms with Crippen molar-refractivity contribution in [3.63, 3.8) is 0 Å². The topological polar surface area (TPSA) is 58.2 Å². The third-order valence-electron chi connectivity index (χ3n) is 4.06. The van der Waals surface area contributed by atoms with Crippen LogP contribution in [0.25, 0.3) is 0 Å². The Morgan fingerprint density at radius 3 is 2.46 bits per heavy atom. The molecule has 3 rings (SSSR count). The number of rotatable bonds is 5. The molecule has 24 heavy (non-hydrogen) atoms. The highest BCUT2D eigenvalue weighted by Crippen LogP contribution is 2.28. The summed E-state index contributed by atoms with van der Waals surface area (Å²) in [5.74, 6) is 0.132. The molecule has 0 radical (unpaired) electrons. The van der Waals surface area contributed by atoms with E-state index >= 15 is 0 Å². The van der Waals surface area contributed by atoms with E-state index in [9.17, 15) is 9.59 Å². The molecule has 2 N–H and O–H groups in total. The molecule has 124 valence electrons. The van der Waals surface area contributed by atoms with Gasteiger partial charge in [-0.25, -0.2) is 0 Å². The SMILES string of the molecule is Cc1ccc(NC(=O)c2ccc(CNC(=O)C3CC3)cc2)cc1Cl. The summed E-state index contributed by atoms with van der Waals surface area (Å²) < 4.78 is 0. The average Bonchev–Trinajstić information content (AvgIpc) is 3.41. The molecule has 1 fully saturated rings. The van der Waals surface area contributed by atoms with E-state index in [2.05, 4.69) is 10.6 Å². The Hall–Kier alpha value is -2.33. The summed E-state index contributed by atoms with van der Waals surface area (Å²) in [6, 6.07) is 12.6. The maximum atomic E-state index is 12.3. The predicted octanol–water partition coefficient (Wildman–Crippen LogP) is 3.93. The number of carbonyl (C=O) groups excluding carboxylic acids is 2. The number of amides is 2. The Balaban J connectivity index is 1.58. The van der Waals surface area contributed by atoms with Gasteiger partial charge in [-0.3, -0.25) is 9.59 Å². The highest BCUT2D eigenvalue weighted by Gasteiger charge is 2.29. The van der Waals surface area contributed by atoms with E-state index in [4.69, 9.17) is 11.6 Å². The predicted molar refractivity (Wildman–Crippen MR) is 95.2 cm³/mol. The van der Waals surface area contributed by atoms with Gasteiger partial charge in [-0.15, -0.1) is 0 Å². The molecule has 2 amide bonds. The fourth-order valence-electron chi connectivity index (χ4n) is 2.33. The maximum absolute atomic E-state index is 12.3. The number of anilines is 1. The van der Waals surface area contributed by atoms with E-state index in [1.54, 1.807) is 18.2 Å². The molecular formula is C19H19ClN2O2. The lowest BCUT2D eigenvalue weighted by Gasteiger charge is -2.08. The van der Waals surface area contributed by atoms with Gasteiger partial charge in [0.05, 0.1) is 0 Å². The third kappa shape index (κ3) is 4.15. The molecule has 2 aromatic rings. The smallest absolute Gasteiger partial charge is 0.255 e. The molecule has 0 heterocycles. The number of carbonyl (C=O) groups is 2. The van der Waals surface area contributed by atoms with Crippen LogP contribution in [0.4, 0.5) is 5.69 Å². The fourth-order valence-corrected chi connectivity index (χ4v) is 2.51. The van der Waals surface area contributed by atoms with Crippen LogP contribution < -0.4 is 10.6 Å². The summed E-state index contributed by atoms with van der Waals surface area (Å²) in [6.07, 6.45) is 1.99.